The largest absolute Gasteiger partial charge is 0.466 e. The van der Waals surface area contributed by atoms with Gasteiger partial charge in [-0.2, -0.15) is 0 Å². The number of hydrogen-bond donors (Lipinski definition) is 0. The van der Waals surface area contributed by atoms with Gasteiger partial charge < -0.3 is 4.74 Å². The Morgan fingerprint density at radius 1 is 1.21 bits per heavy atom. The highest BCUT2D eigenvalue weighted by molar-refractivity contribution is 7.99. The van der Waals surface area contributed by atoms with Crippen molar-refractivity contribution in [2.45, 2.75) is 56.1 Å². The van der Waals surface area contributed by atoms with Gasteiger partial charge >= 0.3 is 14.4 Å². The van der Waals surface area contributed by atoms with Gasteiger partial charge in [-0.3, -0.25) is 4.79 Å². The number of carbonyl (C=O) groups excluding carboxylic acids is 1. The van der Waals surface area contributed by atoms with Gasteiger partial charge in [0.2, 0.25) is 0 Å². The molecule has 0 saturated heterocycles. The smallest absolute Gasteiger partial charge is 0.329 e. The monoisotopic (exact) mass is 418 g/mol. The third-order valence-electron chi connectivity index (χ3n) is 5.52. The molecule has 4 nitrogen and oxygen atoms in total. The Balaban J connectivity index is 1.68. The first-order chi connectivity index (χ1) is 13.7. The van der Waals surface area contributed by atoms with E-state index in [1.54, 1.807) is 11.8 Å². The van der Waals surface area contributed by atoms with Crippen LogP contribution >= 0.6 is 20.2 Å². The van der Waals surface area contributed by atoms with Gasteiger partial charge in [-0.15, -0.1) is 11.8 Å². The number of nitrogens with zero attached hydrogens (tertiary/aromatic N) is 1. The number of pyridine rings is 1. The molecule has 0 radical (unpaired) electrons. The molecule has 6 heteroatoms. The van der Waals surface area contributed by atoms with Crippen LogP contribution in [0.1, 0.15) is 45.4 Å². The van der Waals surface area contributed by atoms with Crippen LogP contribution in [0.5, 0.6) is 0 Å². The van der Waals surface area contributed by atoms with E-state index in [0.717, 1.165) is 22.3 Å². The second kappa shape index (κ2) is 10.9. The fraction of sp³-hybridized carbons (Fsp3) is 0.545. The predicted octanol–water partition coefficient (Wildman–Crippen LogP) is 5.87. The van der Waals surface area contributed by atoms with Gasteiger partial charge in [0.15, 0.2) is 5.66 Å². The Labute approximate surface area is 173 Å². The quantitative estimate of drug-likeness (QED) is 0.290. The van der Waals surface area contributed by atoms with Gasteiger partial charge in [0.25, 0.3) is 0 Å². The van der Waals surface area contributed by atoms with Gasteiger partial charge in [-0.1, -0.05) is 60.9 Å². The molecule has 1 aliphatic rings. The van der Waals surface area contributed by atoms with Crippen molar-refractivity contribution >= 4 is 37.1 Å². The summed E-state index contributed by atoms with van der Waals surface area (Å²) in [6.07, 6.45) is 6.90. The Morgan fingerprint density at radius 3 is 2.75 bits per heavy atom. The molecule has 3 atom stereocenters. The van der Waals surface area contributed by atoms with E-state index in [2.05, 4.69) is 11.1 Å². The summed E-state index contributed by atoms with van der Waals surface area (Å²) in [6.45, 7) is 2.20. The van der Waals surface area contributed by atoms with Crippen LogP contribution in [0.3, 0.4) is 0 Å². The second-order valence-corrected chi connectivity index (χ2v) is 9.49. The van der Waals surface area contributed by atoms with Crippen molar-refractivity contribution in [2.75, 3.05) is 12.4 Å². The van der Waals surface area contributed by atoms with E-state index in [0.29, 0.717) is 18.3 Å². The Morgan fingerprint density at radius 2 is 2.00 bits per heavy atom. The summed E-state index contributed by atoms with van der Waals surface area (Å²) in [4.78, 5) is 17.3. The van der Waals surface area contributed by atoms with Gasteiger partial charge in [-0.05, 0) is 31.4 Å². The Hall–Kier alpha value is -1.45. The minimum absolute atomic E-state index is 0.187. The van der Waals surface area contributed by atoms with Crippen LogP contribution in [-0.4, -0.2) is 29.0 Å². The van der Waals surface area contributed by atoms with E-state index < -0.39 is 8.46 Å². The summed E-state index contributed by atoms with van der Waals surface area (Å²) < 4.78 is 17.4. The lowest BCUT2D eigenvalue weighted by Crippen LogP contribution is -2.31. The summed E-state index contributed by atoms with van der Waals surface area (Å²) in [5.74, 6) is 0.690. The van der Waals surface area contributed by atoms with Crippen molar-refractivity contribution in [1.29, 1.82) is 0 Å². The van der Waals surface area contributed by atoms with Crippen molar-refractivity contribution in [3.63, 3.8) is 0 Å². The number of ether oxygens (including phenoxy) is 1. The molecule has 0 amide bonds. The average Bonchev–Trinajstić information content (AvgIpc) is 2.74. The zero-order valence-electron chi connectivity index (χ0n) is 16.4. The summed E-state index contributed by atoms with van der Waals surface area (Å²) in [7, 11) is -0.519. The molecule has 0 N–H and O–H groups in total. The van der Waals surface area contributed by atoms with Crippen LogP contribution in [0.15, 0.2) is 41.4 Å². The van der Waals surface area contributed by atoms with Crippen LogP contribution in [-0.2, 0) is 14.1 Å². The van der Waals surface area contributed by atoms with Crippen LogP contribution in [0, 0.1) is 11.8 Å². The molecular weight excluding hydrogens is 389 g/mol. The highest BCUT2D eigenvalue weighted by atomic mass is 32.2. The first-order valence-electron chi connectivity index (χ1n) is 10.2. The van der Waals surface area contributed by atoms with E-state index in [1.165, 1.54) is 32.1 Å². The summed E-state index contributed by atoms with van der Waals surface area (Å²) >= 11 is 1.58. The molecule has 3 unspecified atom stereocenters. The molecule has 0 aliphatic heterocycles. The number of hydrogen-bond acceptors (Lipinski definition) is 5. The van der Waals surface area contributed by atoms with Crippen LogP contribution in [0.4, 0.5) is 0 Å². The number of esters is 1. The fourth-order valence-electron chi connectivity index (χ4n) is 3.99. The second-order valence-electron chi connectivity index (χ2n) is 7.48. The SMILES string of the molecule is CCOC(=O)C(CC1CCCCC1)C(CSc1ccc2ccccc2n1)[PH+]=O. The van der Waals surface area contributed by atoms with E-state index in [-0.39, 0.29) is 17.5 Å². The third kappa shape index (κ3) is 5.78. The molecule has 1 saturated carbocycles. The minimum Gasteiger partial charge on any atom is -0.466 e. The van der Waals surface area contributed by atoms with Gasteiger partial charge in [0.05, 0.1) is 17.1 Å². The minimum atomic E-state index is -0.519. The molecule has 0 spiro atoms. The summed E-state index contributed by atoms with van der Waals surface area (Å²) in [5, 5.41) is 2.01. The number of para-hydroxylation sites is 1. The molecule has 1 fully saturated rings. The Bertz CT molecular complexity index is 794. The number of carbonyl (C=O) groups is 1. The topological polar surface area (TPSA) is 56.3 Å². The fourth-order valence-corrected chi connectivity index (χ4v) is 5.86. The van der Waals surface area contributed by atoms with E-state index in [9.17, 15) is 9.36 Å². The lowest BCUT2D eigenvalue weighted by Gasteiger charge is -2.26. The van der Waals surface area contributed by atoms with E-state index in [4.69, 9.17) is 4.74 Å². The molecule has 1 heterocycles. The van der Waals surface area contributed by atoms with Crippen molar-refractivity contribution in [2.24, 2.45) is 11.8 Å². The lowest BCUT2D eigenvalue weighted by atomic mass is 9.82. The molecule has 1 aromatic heterocycles. The maximum Gasteiger partial charge on any atom is 0.329 e. The van der Waals surface area contributed by atoms with E-state index >= 15 is 0 Å². The standard InChI is InChI=1S/C22H28NO3PS/c1-2-26-22(24)18(14-16-8-4-3-5-9-16)20(27-25)15-28-21-13-12-17-10-6-7-11-19(17)23-21/h6-7,10-13,16,18,20H,2-5,8-9,14-15H2,1H3/p+1. The number of aromatic nitrogens is 1. The maximum atomic E-state index is 12.6. The van der Waals surface area contributed by atoms with Crippen molar-refractivity contribution in [3.05, 3.63) is 36.4 Å². The van der Waals surface area contributed by atoms with Crippen molar-refractivity contribution in [3.8, 4) is 0 Å². The summed E-state index contributed by atoms with van der Waals surface area (Å²) in [5.41, 5.74) is 0.761. The first-order valence-corrected chi connectivity index (χ1v) is 12.2. The molecule has 1 aliphatic carbocycles. The predicted molar refractivity (Wildman–Crippen MR) is 117 cm³/mol. The van der Waals surface area contributed by atoms with Crippen LogP contribution < -0.4 is 0 Å². The van der Waals surface area contributed by atoms with Gasteiger partial charge in [0, 0.05) is 11.1 Å². The Kier molecular flexibility index (Phi) is 8.29. The average molecular weight is 419 g/mol. The van der Waals surface area contributed by atoms with E-state index in [1.807, 2.05) is 37.3 Å². The van der Waals surface area contributed by atoms with Crippen LogP contribution in [0.2, 0.25) is 0 Å². The maximum absolute atomic E-state index is 12.6. The highest BCUT2D eigenvalue weighted by Crippen LogP contribution is 2.35. The van der Waals surface area contributed by atoms with Crippen LogP contribution in [0.25, 0.3) is 10.9 Å². The number of rotatable bonds is 9. The number of benzene rings is 1. The molecule has 3 rings (SSSR count). The molecular formula is C22H29NO3PS+. The van der Waals surface area contributed by atoms with Crippen molar-refractivity contribution in [1.82, 2.24) is 4.98 Å². The number of fused-ring (bicyclic) bond motifs is 1. The molecule has 1 aromatic carbocycles. The lowest BCUT2D eigenvalue weighted by molar-refractivity contribution is -0.148. The third-order valence-corrected chi connectivity index (χ3v) is 7.78. The highest BCUT2D eigenvalue weighted by Gasteiger charge is 2.37. The molecule has 150 valence electrons. The van der Waals surface area contributed by atoms with Crippen molar-refractivity contribution < 1.29 is 14.1 Å². The zero-order valence-corrected chi connectivity index (χ0v) is 18.2. The summed E-state index contributed by atoms with van der Waals surface area (Å²) in [6, 6.07) is 12.1. The molecule has 0 bridgehead atoms. The normalized spacial score (nSPS) is 17.5. The number of thioether (sulfide) groups is 1. The zero-order chi connectivity index (χ0) is 19.8. The van der Waals surface area contributed by atoms with Gasteiger partial charge in [-0.25, -0.2) is 4.98 Å². The molecule has 28 heavy (non-hydrogen) atoms. The van der Waals surface area contributed by atoms with Gasteiger partial charge in [0.1, 0.15) is 5.92 Å². The first kappa shape index (κ1) is 21.3. The molecule has 2 aromatic rings.